The molecule has 0 saturated heterocycles. The quantitative estimate of drug-likeness (QED) is 0.760. The van der Waals surface area contributed by atoms with Crippen LogP contribution in [0.2, 0.25) is 0 Å². The number of benzene rings is 2. The lowest BCUT2D eigenvalue weighted by Gasteiger charge is -2.15. The highest BCUT2D eigenvalue weighted by Gasteiger charge is 2.29. The van der Waals surface area contributed by atoms with Crippen molar-refractivity contribution in [3.05, 3.63) is 53.0 Å². The van der Waals surface area contributed by atoms with E-state index in [1.165, 1.54) is 0 Å². The minimum Gasteiger partial charge on any atom is -0.481 e. The highest BCUT2D eigenvalue weighted by molar-refractivity contribution is 9.10. The fraction of sp³-hybridized carbons (Fsp3) is 0.263. The topological polar surface area (TPSA) is 67.4 Å². The SMILES string of the molecule is C[C@H](Oc1ccc(Br)cc1)C(=O)Nc1ccc(NC(=O)C2CC2)cc1. The maximum atomic E-state index is 12.2. The van der Waals surface area contributed by atoms with Crippen molar-refractivity contribution in [2.75, 3.05) is 10.6 Å². The first-order valence-corrected chi connectivity index (χ1v) is 8.94. The minimum atomic E-state index is -0.629. The number of halogens is 1. The Bertz CT molecular complexity index is 755. The van der Waals surface area contributed by atoms with E-state index in [0.29, 0.717) is 11.4 Å². The summed E-state index contributed by atoms with van der Waals surface area (Å²) >= 11 is 3.36. The molecule has 0 heterocycles. The summed E-state index contributed by atoms with van der Waals surface area (Å²) in [5, 5.41) is 5.67. The van der Waals surface area contributed by atoms with Gasteiger partial charge in [0.2, 0.25) is 5.91 Å². The summed E-state index contributed by atoms with van der Waals surface area (Å²) in [6.45, 7) is 1.70. The van der Waals surface area contributed by atoms with Gasteiger partial charge in [0.1, 0.15) is 5.75 Å². The van der Waals surface area contributed by atoms with Crippen molar-refractivity contribution in [3.63, 3.8) is 0 Å². The zero-order chi connectivity index (χ0) is 17.8. The number of hydrogen-bond donors (Lipinski definition) is 2. The fourth-order valence-electron chi connectivity index (χ4n) is 2.24. The molecule has 25 heavy (non-hydrogen) atoms. The van der Waals surface area contributed by atoms with Gasteiger partial charge < -0.3 is 15.4 Å². The second-order valence-corrected chi connectivity index (χ2v) is 6.96. The number of hydrogen-bond acceptors (Lipinski definition) is 3. The lowest BCUT2D eigenvalue weighted by atomic mass is 10.2. The summed E-state index contributed by atoms with van der Waals surface area (Å²) in [5.74, 6) is 0.617. The molecule has 2 amide bonds. The lowest BCUT2D eigenvalue weighted by molar-refractivity contribution is -0.122. The zero-order valence-corrected chi connectivity index (χ0v) is 15.4. The third kappa shape index (κ3) is 5.06. The van der Waals surface area contributed by atoms with E-state index >= 15 is 0 Å². The van der Waals surface area contributed by atoms with Crippen LogP contribution in [0.25, 0.3) is 0 Å². The Morgan fingerprint density at radius 1 is 1.00 bits per heavy atom. The van der Waals surface area contributed by atoms with Crippen LogP contribution >= 0.6 is 15.9 Å². The van der Waals surface area contributed by atoms with Crippen molar-refractivity contribution >= 4 is 39.1 Å². The molecule has 1 aliphatic carbocycles. The van der Waals surface area contributed by atoms with Crippen LogP contribution in [-0.2, 0) is 9.59 Å². The average Bonchev–Trinajstić information content (AvgIpc) is 3.43. The number of ether oxygens (including phenoxy) is 1. The highest BCUT2D eigenvalue weighted by Crippen LogP contribution is 2.30. The van der Waals surface area contributed by atoms with Gasteiger partial charge in [0.25, 0.3) is 5.91 Å². The molecule has 6 heteroatoms. The molecule has 1 fully saturated rings. The van der Waals surface area contributed by atoms with E-state index in [0.717, 1.165) is 23.0 Å². The van der Waals surface area contributed by atoms with Crippen LogP contribution < -0.4 is 15.4 Å². The van der Waals surface area contributed by atoms with Crippen molar-refractivity contribution in [2.45, 2.75) is 25.9 Å². The number of carbonyl (C=O) groups excluding carboxylic acids is 2. The number of carbonyl (C=O) groups is 2. The monoisotopic (exact) mass is 402 g/mol. The van der Waals surface area contributed by atoms with E-state index < -0.39 is 6.10 Å². The van der Waals surface area contributed by atoms with Crippen LogP contribution in [-0.4, -0.2) is 17.9 Å². The molecular formula is C19H19BrN2O3. The molecule has 0 aromatic heterocycles. The lowest BCUT2D eigenvalue weighted by Crippen LogP contribution is -2.30. The van der Waals surface area contributed by atoms with Crippen molar-refractivity contribution in [3.8, 4) is 5.75 Å². The van der Waals surface area contributed by atoms with Crippen LogP contribution in [0.4, 0.5) is 11.4 Å². The van der Waals surface area contributed by atoms with Gasteiger partial charge in [-0.2, -0.15) is 0 Å². The highest BCUT2D eigenvalue weighted by atomic mass is 79.9. The largest absolute Gasteiger partial charge is 0.481 e. The molecule has 2 aromatic rings. The van der Waals surface area contributed by atoms with E-state index in [1.807, 2.05) is 12.1 Å². The van der Waals surface area contributed by atoms with Gasteiger partial charge in [-0.05, 0) is 68.3 Å². The normalized spacial score (nSPS) is 14.5. The Morgan fingerprint density at radius 3 is 2.12 bits per heavy atom. The van der Waals surface area contributed by atoms with Gasteiger partial charge in [0, 0.05) is 21.8 Å². The maximum absolute atomic E-state index is 12.2. The van der Waals surface area contributed by atoms with Crippen molar-refractivity contribution in [1.82, 2.24) is 0 Å². The Labute approximate surface area is 154 Å². The van der Waals surface area contributed by atoms with Gasteiger partial charge in [0.05, 0.1) is 0 Å². The molecule has 1 atom stereocenters. The van der Waals surface area contributed by atoms with Crippen molar-refractivity contribution in [2.24, 2.45) is 5.92 Å². The Hall–Kier alpha value is -2.34. The van der Waals surface area contributed by atoms with Crippen LogP contribution in [0.3, 0.4) is 0 Å². The van der Waals surface area contributed by atoms with Gasteiger partial charge in [-0.15, -0.1) is 0 Å². The smallest absolute Gasteiger partial charge is 0.265 e. The molecule has 3 rings (SSSR count). The molecule has 1 aliphatic rings. The van der Waals surface area contributed by atoms with Gasteiger partial charge in [0.15, 0.2) is 6.10 Å². The molecule has 2 N–H and O–H groups in total. The van der Waals surface area contributed by atoms with Gasteiger partial charge in [-0.25, -0.2) is 0 Å². The van der Waals surface area contributed by atoms with Crippen LogP contribution in [0.5, 0.6) is 5.75 Å². The standard InChI is InChI=1S/C19H19BrN2O3/c1-12(25-17-10-4-14(20)5-11-17)18(23)21-15-6-8-16(9-7-15)22-19(24)13-2-3-13/h4-13H,2-3H2,1H3,(H,21,23)(H,22,24)/t12-/m0/s1. The maximum Gasteiger partial charge on any atom is 0.265 e. The summed E-state index contributed by atoms with van der Waals surface area (Å²) in [6.07, 6.45) is 1.31. The number of rotatable bonds is 6. The molecule has 5 nitrogen and oxygen atoms in total. The fourth-order valence-corrected chi connectivity index (χ4v) is 2.51. The summed E-state index contributed by atoms with van der Waals surface area (Å²) < 4.78 is 6.57. The third-order valence-corrected chi connectivity index (χ3v) is 4.39. The Balaban J connectivity index is 1.52. The second-order valence-electron chi connectivity index (χ2n) is 6.04. The van der Waals surface area contributed by atoms with E-state index in [4.69, 9.17) is 4.74 Å². The summed E-state index contributed by atoms with van der Waals surface area (Å²) in [4.78, 5) is 23.9. The number of anilines is 2. The van der Waals surface area contributed by atoms with E-state index in [-0.39, 0.29) is 17.7 Å². The molecule has 0 bridgehead atoms. The van der Waals surface area contributed by atoms with E-state index in [2.05, 4.69) is 26.6 Å². The second kappa shape index (κ2) is 7.70. The van der Waals surface area contributed by atoms with Crippen molar-refractivity contribution < 1.29 is 14.3 Å². The molecule has 0 spiro atoms. The Morgan fingerprint density at radius 2 is 1.56 bits per heavy atom. The number of nitrogens with one attached hydrogen (secondary N) is 2. The van der Waals surface area contributed by atoms with E-state index in [9.17, 15) is 9.59 Å². The molecule has 0 radical (unpaired) electrons. The number of amides is 2. The first-order chi connectivity index (χ1) is 12.0. The van der Waals surface area contributed by atoms with E-state index in [1.54, 1.807) is 43.3 Å². The van der Waals surface area contributed by atoms with Crippen LogP contribution in [0.15, 0.2) is 53.0 Å². The molecular weight excluding hydrogens is 384 g/mol. The predicted octanol–water partition coefficient (Wildman–Crippen LogP) is 4.20. The molecule has 0 unspecified atom stereocenters. The zero-order valence-electron chi connectivity index (χ0n) is 13.8. The van der Waals surface area contributed by atoms with Crippen LogP contribution in [0.1, 0.15) is 19.8 Å². The van der Waals surface area contributed by atoms with Gasteiger partial charge >= 0.3 is 0 Å². The summed E-state index contributed by atoms with van der Waals surface area (Å²) in [5.41, 5.74) is 1.38. The minimum absolute atomic E-state index is 0.0632. The predicted molar refractivity (Wildman–Crippen MR) is 101 cm³/mol. The first-order valence-electron chi connectivity index (χ1n) is 8.15. The Kier molecular flexibility index (Phi) is 5.38. The summed E-state index contributed by atoms with van der Waals surface area (Å²) in [7, 11) is 0. The molecule has 130 valence electrons. The van der Waals surface area contributed by atoms with Gasteiger partial charge in [-0.1, -0.05) is 15.9 Å². The average molecular weight is 403 g/mol. The summed E-state index contributed by atoms with van der Waals surface area (Å²) in [6, 6.07) is 14.4. The third-order valence-electron chi connectivity index (χ3n) is 3.86. The molecule has 0 aliphatic heterocycles. The molecule has 1 saturated carbocycles. The van der Waals surface area contributed by atoms with Gasteiger partial charge in [-0.3, -0.25) is 9.59 Å². The van der Waals surface area contributed by atoms with Crippen LogP contribution in [0, 0.1) is 5.92 Å². The first kappa shape index (κ1) is 17.5. The van der Waals surface area contributed by atoms with Crippen molar-refractivity contribution in [1.29, 1.82) is 0 Å². The molecule has 2 aromatic carbocycles.